The maximum absolute atomic E-state index is 12.0. The number of benzene rings is 1. The summed E-state index contributed by atoms with van der Waals surface area (Å²) in [6.45, 7) is 7.71. The minimum absolute atomic E-state index is 0.246. The molecule has 1 unspecified atom stereocenters. The Kier molecular flexibility index (Phi) is 5.37. The number of pyridine rings is 1. The van der Waals surface area contributed by atoms with Gasteiger partial charge in [0.1, 0.15) is 0 Å². The zero-order valence-corrected chi connectivity index (χ0v) is 15.4. The van der Waals surface area contributed by atoms with Gasteiger partial charge in [0.15, 0.2) is 0 Å². The van der Waals surface area contributed by atoms with Gasteiger partial charge in [-0.3, -0.25) is 9.78 Å². The van der Waals surface area contributed by atoms with Crippen molar-refractivity contribution in [2.75, 3.05) is 18.4 Å². The minimum Gasteiger partial charge on any atom is -0.355 e. The van der Waals surface area contributed by atoms with Gasteiger partial charge in [0.25, 0.3) is 0 Å². The van der Waals surface area contributed by atoms with E-state index in [2.05, 4.69) is 48.6 Å². The molecule has 1 saturated heterocycles. The number of nitrogens with one attached hydrogen (secondary N) is 1. The number of rotatable bonds is 4. The smallest absolute Gasteiger partial charge is 0.222 e. The summed E-state index contributed by atoms with van der Waals surface area (Å²) >= 11 is 0. The van der Waals surface area contributed by atoms with E-state index in [1.807, 2.05) is 18.7 Å². The molecule has 3 rings (SSSR count). The number of amides is 1. The van der Waals surface area contributed by atoms with Crippen molar-refractivity contribution in [1.29, 1.82) is 0 Å². The SMILES string of the molecule is CCC(=O)N1CCCC(c2cc(Nc3ccc(C)cc3)cc(C)n2)C1. The van der Waals surface area contributed by atoms with Crippen LogP contribution < -0.4 is 5.32 Å². The Hall–Kier alpha value is -2.36. The van der Waals surface area contributed by atoms with E-state index in [1.54, 1.807) is 0 Å². The molecule has 1 fully saturated rings. The van der Waals surface area contributed by atoms with Crippen molar-refractivity contribution in [2.24, 2.45) is 0 Å². The van der Waals surface area contributed by atoms with E-state index in [1.165, 1.54) is 5.56 Å². The highest BCUT2D eigenvalue weighted by atomic mass is 16.2. The monoisotopic (exact) mass is 337 g/mol. The van der Waals surface area contributed by atoms with Crippen molar-refractivity contribution in [2.45, 2.75) is 46.0 Å². The minimum atomic E-state index is 0.246. The lowest BCUT2D eigenvalue weighted by Crippen LogP contribution is -2.38. The van der Waals surface area contributed by atoms with Crippen molar-refractivity contribution in [3.05, 3.63) is 53.3 Å². The van der Waals surface area contributed by atoms with E-state index >= 15 is 0 Å². The summed E-state index contributed by atoms with van der Waals surface area (Å²) in [5, 5.41) is 3.48. The molecule has 25 heavy (non-hydrogen) atoms. The number of aromatic nitrogens is 1. The second-order valence-corrected chi connectivity index (χ2v) is 6.95. The van der Waals surface area contributed by atoms with Gasteiger partial charge in [-0.25, -0.2) is 0 Å². The Morgan fingerprint density at radius 2 is 1.96 bits per heavy atom. The lowest BCUT2D eigenvalue weighted by Gasteiger charge is -2.32. The fourth-order valence-corrected chi connectivity index (χ4v) is 3.45. The zero-order valence-electron chi connectivity index (χ0n) is 15.4. The molecule has 0 bridgehead atoms. The molecule has 1 amide bonds. The van der Waals surface area contributed by atoms with Crippen LogP contribution in [0.2, 0.25) is 0 Å². The Bertz CT molecular complexity index is 739. The third kappa shape index (κ3) is 4.38. The summed E-state index contributed by atoms with van der Waals surface area (Å²) in [5.74, 6) is 0.568. The van der Waals surface area contributed by atoms with Crippen LogP contribution in [-0.4, -0.2) is 28.9 Å². The lowest BCUT2D eigenvalue weighted by molar-refractivity contribution is -0.132. The third-order valence-electron chi connectivity index (χ3n) is 4.81. The molecule has 1 aliphatic rings. The molecule has 0 aliphatic carbocycles. The number of nitrogens with zero attached hydrogens (tertiary/aromatic N) is 2. The fraction of sp³-hybridized carbons (Fsp3) is 0.429. The molecule has 2 heterocycles. The summed E-state index contributed by atoms with van der Waals surface area (Å²) in [5.41, 5.74) is 5.48. The number of likely N-dealkylation sites (tertiary alicyclic amines) is 1. The number of hydrogen-bond donors (Lipinski definition) is 1. The average molecular weight is 337 g/mol. The Morgan fingerprint density at radius 3 is 2.68 bits per heavy atom. The van der Waals surface area contributed by atoms with Gasteiger partial charge >= 0.3 is 0 Å². The van der Waals surface area contributed by atoms with E-state index in [-0.39, 0.29) is 5.91 Å². The largest absolute Gasteiger partial charge is 0.355 e. The zero-order chi connectivity index (χ0) is 17.8. The molecule has 1 aromatic carbocycles. The average Bonchev–Trinajstić information content (AvgIpc) is 2.62. The van der Waals surface area contributed by atoms with Crippen LogP contribution in [0, 0.1) is 13.8 Å². The van der Waals surface area contributed by atoms with E-state index in [0.29, 0.717) is 12.3 Å². The highest BCUT2D eigenvalue weighted by molar-refractivity contribution is 5.76. The second kappa shape index (κ2) is 7.68. The van der Waals surface area contributed by atoms with Crippen LogP contribution in [-0.2, 0) is 4.79 Å². The molecule has 0 spiro atoms. The van der Waals surface area contributed by atoms with Gasteiger partial charge in [-0.05, 0) is 51.0 Å². The molecule has 1 aliphatic heterocycles. The van der Waals surface area contributed by atoms with Gasteiger partial charge in [-0.2, -0.15) is 0 Å². The molecule has 1 N–H and O–H groups in total. The van der Waals surface area contributed by atoms with Crippen LogP contribution in [0.25, 0.3) is 0 Å². The van der Waals surface area contributed by atoms with Gasteiger partial charge < -0.3 is 10.2 Å². The van der Waals surface area contributed by atoms with Crippen molar-refractivity contribution >= 4 is 17.3 Å². The predicted molar refractivity (Wildman–Crippen MR) is 102 cm³/mol. The second-order valence-electron chi connectivity index (χ2n) is 6.95. The maximum Gasteiger partial charge on any atom is 0.222 e. The molecule has 0 saturated carbocycles. The molecule has 4 nitrogen and oxygen atoms in total. The topological polar surface area (TPSA) is 45.2 Å². The first-order valence-electron chi connectivity index (χ1n) is 9.15. The van der Waals surface area contributed by atoms with Gasteiger partial charge in [0.05, 0.1) is 0 Å². The molecule has 0 radical (unpaired) electrons. The van der Waals surface area contributed by atoms with Crippen molar-refractivity contribution in [3.63, 3.8) is 0 Å². The number of carbonyl (C=O) groups is 1. The van der Waals surface area contributed by atoms with Gasteiger partial charge in [0, 0.05) is 48.2 Å². The third-order valence-corrected chi connectivity index (χ3v) is 4.81. The number of hydrogen-bond acceptors (Lipinski definition) is 3. The van der Waals surface area contributed by atoms with Crippen LogP contribution in [0.1, 0.15) is 49.1 Å². The highest BCUT2D eigenvalue weighted by Gasteiger charge is 2.25. The molecule has 1 atom stereocenters. The summed E-state index contributed by atoms with van der Waals surface area (Å²) in [4.78, 5) is 18.8. The molecular formula is C21H27N3O. The van der Waals surface area contributed by atoms with Crippen LogP contribution in [0.15, 0.2) is 36.4 Å². The predicted octanol–water partition coefficient (Wildman–Crippen LogP) is 4.56. The van der Waals surface area contributed by atoms with Crippen LogP contribution in [0.3, 0.4) is 0 Å². The molecule has 132 valence electrons. The summed E-state index contributed by atoms with van der Waals surface area (Å²) < 4.78 is 0. The highest BCUT2D eigenvalue weighted by Crippen LogP contribution is 2.29. The number of carbonyl (C=O) groups excluding carboxylic acids is 1. The van der Waals surface area contributed by atoms with Crippen molar-refractivity contribution in [1.82, 2.24) is 9.88 Å². The first-order valence-corrected chi connectivity index (χ1v) is 9.15. The normalized spacial score (nSPS) is 17.4. The van der Waals surface area contributed by atoms with E-state index in [9.17, 15) is 4.79 Å². The summed E-state index contributed by atoms with van der Waals surface area (Å²) in [6, 6.07) is 12.6. The Labute approximate surface area is 150 Å². The Balaban J connectivity index is 1.79. The first kappa shape index (κ1) is 17.5. The van der Waals surface area contributed by atoms with E-state index in [4.69, 9.17) is 4.98 Å². The van der Waals surface area contributed by atoms with Crippen LogP contribution >= 0.6 is 0 Å². The fourth-order valence-electron chi connectivity index (χ4n) is 3.45. The standard InChI is InChI=1S/C21H27N3O/c1-4-21(25)24-11-5-6-17(14-24)20-13-19(12-16(3)22-20)23-18-9-7-15(2)8-10-18/h7-10,12-13,17H,4-6,11,14H2,1-3H3,(H,22,23). The van der Waals surface area contributed by atoms with Crippen molar-refractivity contribution in [3.8, 4) is 0 Å². The molecule has 1 aromatic heterocycles. The van der Waals surface area contributed by atoms with Crippen LogP contribution in [0.5, 0.6) is 0 Å². The Morgan fingerprint density at radius 1 is 1.20 bits per heavy atom. The van der Waals surface area contributed by atoms with Crippen molar-refractivity contribution < 1.29 is 4.79 Å². The van der Waals surface area contributed by atoms with Gasteiger partial charge in [-0.1, -0.05) is 24.6 Å². The first-order chi connectivity index (χ1) is 12.0. The van der Waals surface area contributed by atoms with Crippen LogP contribution in [0.4, 0.5) is 11.4 Å². The van der Waals surface area contributed by atoms with E-state index < -0.39 is 0 Å². The molecule has 4 heteroatoms. The summed E-state index contributed by atoms with van der Waals surface area (Å²) in [7, 11) is 0. The lowest BCUT2D eigenvalue weighted by atomic mass is 9.93. The number of piperidine rings is 1. The molecular weight excluding hydrogens is 310 g/mol. The quantitative estimate of drug-likeness (QED) is 0.889. The van der Waals surface area contributed by atoms with E-state index in [0.717, 1.165) is 48.7 Å². The van der Waals surface area contributed by atoms with Gasteiger partial charge in [0.2, 0.25) is 5.91 Å². The summed E-state index contributed by atoms with van der Waals surface area (Å²) in [6.07, 6.45) is 2.72. The molecule has 2 aromatic rings. The number of aryl methyl sites for hydroxylation is 2. The van der Waals surface area contributed by atoms with Gasteiger partial charge in [-0.15, -0.1) is 0 Å². The maximum atomic E-state index is 12.0. The number of anilines is 2.